The molecule has 0 radical (unpaired) electrons. The molecule has 0 bridgehead atoms. The van der Waals surface area contributed by atoms with Crippen molar-refractivity contribution in [1.29, 1.82) is 0 Å². The van der Waals surface area contributed by atoms with Gasteiger partial charge >= 0.3 is 10.4 Å². The van der Waals surface area contributed by atoms with Crippen LogP contribution in [0.4, 0.5) is 0 Å². The Bertz CT molecular complexity index is 1080. The van der Waals surface area contributed by atoms with Crippen LogP contribution in [0, 0.1) is 0 Å². The summed E-state index contributed by atoms with van der Waals surface area (Å²) in [6, 6.07) is -0.936. The molecule has 7 atom stereocenters. The van der Waals surface area contributed by atoms with Gasteiger partial charge in [-0.15, -0.1) is 0 Å². The quantitative estimate of drug-likeness (QED) is 0.0197. The average molecular weight is 836 g/mol. The van der Waals surface area contributed by atoms with Gasteiger partial charge in [0.1, 0.15) is 24.4 Å². The number of aliphatic hydroxyl groups is 4. The number of hydrogen-bond acceptors (Lipinski definition) is 10. The van der Waals surface area contributed by atoms with Crippen LogP contribution in [0.3, 0.4) is 0 Å². The molecule has 1 amide bonds. The van der Waals surface area contributed by atoms with Crippen molar-refractivity contribution in [2.75, 3.05) is 13.2 Å². The molecule has 1 rings (SSSR count). The first-order valence-corrected chi connectivity index (χ1v) is 24.4. The molecule has 0 aromatic carbocycles. The number of carbonyl (C=O) groups excluding carboxylic acids is 1. The van der Waals surface area contributed by atoms with Crippen LogP contribution in [0.5, 0.6) is 0 Å². The van der Waals surface area contributed by atoms with Crippen molar-refractivity contribution in [3.63, 3.8) is 0 Å². The summed E-state index contributed by atoms with van der Waals surface area (Å²) in [5.74, 6) is -0.265. The molecule has 0 saturated carbocycles. The van der Waals surface area contributed by atoms with E-state index in [-0.39, 0.29) is 18.9 Å². The highest BCUT2D eigenvalue weighted by Crippen LogP contribution is 2.26. The van der Waals surface area contributed by atoms with E-state index in [9.17, 15) is 33.6 Å². The second-order valence-electron chi connectivity index (χ2n) is 16.4. The van der Waals surface area contributed by atoms with Crippen molar-refractivity contribution >= 4 is 16.3 Å². The molecule has 0 aliphatic carbocycles. The Morgan fingerprint density at radius 2 is 1.11 bits per heavy atom. The minimum Gasteiger partial charge on any atom is -0.394 e. The summed E-state index contributed by atoms with van der Waals surface area (Å²) in [5, 5.41) is 44.6. The SMILES string of the molecule is CCCCCCCCCCCCCCCCCCCCC/C=C/C(O)C(COC1OC(CO)C(O)C(OS(=O)(=O)O)C1O)NC(=O)CCCCCCCCCCC. The Kier molecular flexibility index (Phi) is 33.6. The van der Waals surface area contributed by atoms with Gasteiger partial charge in [0.15, 0.2) is 6.29 Å². The summed E-state index contributed by atoms with van der Waals surface area (Å²) in [6.07, 6.45) is 29.8. The van der Waals surface area contributed by atoms with Gasteiger partial charge in [-0.1, -0.05) is 193 Å². The van der Waals surface area contributed by atoms with E-state index in [1.54, 1.807) is 6.08 Å². The first-order valence-electron chi connectivity index (χ1n) is 23.1. The zero-order valence-electron chi connectivity index (χ0n) is 35.9. The van der Waals surface area contributed by atoms with Crippen molar-refractivity contribution in [2.45, 2.75) is 249 Å². The molecule has 1 aliphatic heterocycles. The molecule has 0 aromatic rings. The van der Waals surface area contributed by atoms with Crippen LogP contribution in [0.15, 0.2) is 12.2 Å². The molecule has 1 saturated heterocycles. The van der Waals surface area contributed by atoms with Crippen molar-refractivity contribution in [3.05, 3.63) is 12.2 Å². The van der Waals surface area contributed by atoms with Gasteiger partial charge in [0.2, 0.25) is 5.91 Å². The van der Waals surface area contributed by atoms with Crippen LogP contribution in [0.25, 0.3) is 0 Å². The second-order valence-corrected chi connectivity index (χ2v) is 17.4. The molecule has 1 aliphatic rings. The van der Waals surface area contributed by atoms with E-state index in [1.807, 2.05) is 6.08 Å². The molecule has 338 valence electrons. The Morgan fingerprint density at radius 3 is 1.53 bits per heavy atom. The van der Waals surface area contributed by atoms with Crippen LogP contribution in [0.1, 0.15) is 206 Å². The number of ether oxygens (including phenoxy) is 2. The summed E-state index contributed by atoms with van der Waals surface area (Å²) >= 11 is 0. The largest absolute Gasteiger partial charge is 0.397 e. The molecule has 0 spiro atoms. The van der Waals surface area contributed by atoms with Crippen molar-refractivity contribution in [2.24, 2.45) is 0 Å². The summed E-state index contributed by atoms with van der Waals surface area (Å²) in [5.41, 5.74) is 0. The number of rotatable bonds is 39. The van der Waals surface area contributed by atoms with E-state index in [2.05, 4.69) is 23.3 Å². The van der Waals surface area contributed by atoms with E-state index < -0.39 is 59.9 Å². The lowest BCUT2D eigenvalue weighted by Gasteiger charge is -2.41. The predicted molar refractivity (Wildman–Crippen MR) is 227 cm³/mol. The first-order chi connectivity index (χ1) is 27.5. The van der Waals surface area contributed by atoms with Gasteiger partial charge in [-0.3, -0.25) is 9.35 Å². The third-order valence-electron chi connectivity index (χ3n) is 11.1. The molecule has 1 heterocycles. The third kappa shape index (κ3) is 28.9. The van der Waals surface area contributed by atoms with E-state index in [1.165, 1.54) is 141 Å². The number of carbonyl (C=O) groups is 1. The van der Waals surface area contributed by atoms with Gasteiger partial charge in [0.05, 0.1) is 25.4 Å². The maximum Gasteiger partial charge on any atom is 0.397 e. The molecule has 0 aromatic heterocycles. The minimum absolute atomic E-state index is 0.265. The maximum absolute atomic E-state index is 12.9. The van der Waals surface area contributed by atoms with Crippen LogP contribution in [-0.4, -0.2) is 95.4 Å². The third-order valence-corrected chi connectivity index (χ3v) is 11.5. The Hall–Kier alpha value is -1.16. The highest BCUT2D eigenvalue weighted by molar-refractivity contribution is 7.80. The molecule has 13 heteroatoms. The summed E-state index contributed by atoms with van der Waals surface area (Å²) in [7, 11) is -5.08. The number of hydrogen-bond donors (Lipinski definition) is 6. The van der Waals surface area contributed by atoms with Crippen LogP contribution in [-0.2, 0) is 28.9 Å². The highest BCUT2D eigenvalue weighted by atomic mass is 32.3. The van der Waals surface area contributed by atoms with Crippen LogP contribution in [0.2, 0.25) is 0 Å². The average Bonchev–Trinajstić information content (AvgIpc) is 3.18. The lowest BCUT2D eigenvalue weighted by molar-refractivity contribution is -0.298. The minimum atomic E-state index is -5.08. The maximum atomic E-state index is 12.9. The molecule has 7 unspecified atom stereocenters. The van der Waals surface area contributed by atoms with Crippen molar-refractivity contribution in [3.8, 4) is 0 Å². The molecular formula is C44H85NO11S. The fraction of sp³-hybridized carbons (Fsp3) is 0.932. The number of amides is 1. The number of nitrogens with one attached hydrogen (secondary N) is 1. The fourth-order valence-corrected chi connectivity index (χ4v) is 7.96. The zero-order valence-corrected chi connectivity index (χ0v) is 36.7. The topological polar surface area (TPSA) is 192 Å². The standard InChI is InChI=1S/C44H85NO11S/c1-3-5-7-9-11-13-14-15-16-17-18-19-20-21-22-23-24-26-27-29-31-33-38(47)37(45-40(48)34-32-30-28-25-12-10-8-6-4-2)36-54-44-42(50)43(56-57(51,52)53)41(49)39(35-46)55-44/h31,33,37-39,41-44,46-47,49-50H,3-30,32,34-36H2,1-2H3,(H,45,48)(H,51,52,53)/b33-31+. The van der Waals surface area contributed by atoms with Crippen LogP contribution < -0.4 is 5.32 Å². The fourth-order valence-electron chi connectivity index (χ4n) is 7.45. The van der Waals surface area contributed by atoms with Gasteiger partial charge in [-0.05, 0) is 19.3 Å². The molecule has 57 heavy (non-hydrogen) atoms. The van der Waals surface area contributed by atoms with Gasteiger partial charge in [-0.25, -0.2) is 4.18 Å². The first kappa shape index (κ1) is 53.9. The summed E-state index contributed by atoms with van der Waals surface area (Å²) < 4.78 is 47.5. The highest BCUT2D eigenvalue weighted by Gasteiger charge is 2.48. The smallest absolute Gasteiger partial charge is 0.394 e. The van der Waals surface area contributed by atoms with Crippen LogP contribution >= 0.6 is 0 Å². The zero-order chi connectivity index (χ0) is 42.0. The van der Waals surface area contributed by atoms with E-state index in [4.69, 9.17) is 14.0 Å². The number of aliphatic hydroxyl groups excluding tert-OH is 4. The van der Waals surface area contributed by atoms with Crippen molar-refractivity contribution < 1.29 is 51.8 Å². The monoisotopic (exact) mass is 836 g/mol. The Balaban J connectivity index is 2.45. The Labute approximate surface area is 347 Å². The normalized spacial score (nSPS) is 21.3. The van der Waals surface area contributed by atoms with E-state index >= 15 is 0 Å². The Morgan fingerprint density at radius 1 is 0.684 bits per heavy atom. The van der Waals surface area contributed by atoms with E-state index in [0.29, 0.717) is 6.42 Å². The summed E-state index contributed by atoms with van der Waals surface area (Å²) in [6.45, 7) is 3.36. The molecule has 6 N–H and O–H groups in total. The van der Waals surface area contributed by atoms with E-state index in [0.717, 1.165) is 38.5 Å². The van der Waals surface area contributed by atoms with Gasteiger partial charge in [-0.2, -0.15) is 8.42 Å². The summed E-state index contributed by atoms with van der Waals surface area (Å²) in [4.78, 5) is 12.9. The van der Waals surface area contributed by atoms with Crippen molar-refractivity contribution in [1.82, 2.24) is 5.32 Å². The lowest BCUT2D eigenvalue weighted by Crippen LogP contribution is -2.61. The molecule has 1 fully saturated rings. The number of allylic oxidation sites excluding steroid dienone is 1. The van der Waals surface area contributed by atoms with Gasteiger partial charge < -0.3 is 35.2 Å². The second kappa shape index (κ2) is 35.6. The van der Waals surface area contributed by atoms with Gasteiger partial charge in [0.25, 0.3) is 0 Å². The molecule has 12 nitrogen and oxygen atoms in total. The predicted octanol–water partition coefficient (Wildman–Crippen LogP) is 8.77. The van der Waals surface area contributed by atoms with Gasteiger partial charge in [0, 0.05) is 6.42 Å². The lowest BCUT2D eigenvalue weighted by atomic mass is 9.99. The molecular weight excluding hydrogens is 751 g/mol. The number of unbranched alkanes of at least 4 members (excludes halogenated alkanes) is 27.